The number of halogens is 1. The Labute approximate surface area is 198 Å². The number of aromatic nitrogens is 3. The third kappa shape index (κ3) is 4.56. The predicted octanol–water partition coefficient (Wildman–Crippen LogP) is 4.31. The number of hydrogen-bond donors (Lipinski definition) is 1. The van der Waals surface area contributed by atoms with Crippen molar-refractivity contribution in [1.82, 2.24) is 19.5 Å². The molecule has 1 aliphatic carbocycles. The SMILES string of the molecule is Cc1cc(C2CC2)nc2cc(C3CCCCN3C(=O)c3cc(Cl)ccc3NS(C)(=O)=O)nn12. The Bertz CT molecular complexity index is 1350. The number of nitrogens with zero attached hydrogens (tertiary/aromatic N) is 4. The van der Waals surface area contributed by atoms with Crippen LogP contribution in [0.4, 0.5) is 5.69 Å². The molecule has 33 heavy (non-hydrogen) atoms. The van der Waals surface area contributed by atoms with Crippen LogP contribution in [0.25, 0.3) is 5.65 Å². The first-order chi connectivity index (χ1) is 15.7. The minimum atomic E-state index is -3.56. The van der Waals surface area contributed by atoms with Crippen molar-refractivity contribution < 1.29 is 13.2 Å². The van der Waals surface area contributed by atoms with Crippen molar-refractivity contribution in [3.05, 3.63) is 58.0 Å². The van der Waals surface area contributed by atoms with E-state index in [-0.39, 0.29) is 23.2 Å². The van der Waals surface area contributed by atoms with Crippen LogP contribution in [0.1, 0.15) is 71.5 Å². The average molecular weight is 488 g/mol. The Hall–Kier alpha value is -2.65. The van der Waals surface area contributed by atoms with Crippen LogP contribution in [0.2, 0.25) is 5.02 Å². The second-order valence-electron chi connectivity index (χ2n) is 9.01. The van der Waals surface area contributed by atoms with Gasteiger partial charge >= 0.3 is 0 Å². The zero-order valence-corrected chi connectivity index (χ0v) is 20.2. The molecule has 1 amide bonds. The predicted molar refractivity (Wildman–Crippen MR) is 127 cm³/mol. The number of benzene rings is 1. The summed E-state index contributed by atoms with van der Waals surface area (Å²) in [7, 11) is -3.56. The number of piperidine rings is 1. The molecule has 1 aliphatic heterocycles. The van der Waals surface area contributed by atoms with E-state index < -0.39 is 10.0 Å². The van der Waals surface area contributed by atoms with Gasteiger partial charge in [-0.3, -0.25) is 9.52 Å². The number of carbonyl (C=O) groups excluding carboxylic acids is 1. The van der Waals surface area contributed by atoms with Crippen LogP contribution >= 0.6 is 11.6 Å². The highest BCUT2D eigenvalue weighted by Crippen LogP contribution is 2.40. The molecule has 0 bridgehead atoms. The molecule has 174 valence electrons. The summed E-state index contributed by atoms with van der Waals surface area (Å²) in [5.74, 6) is 0.275. The summed E-state index contributed by atoms with van der Waals surface area (Å²) in [6, 6.07) is 8.45. The molecule has 0 radical (unpaired) electrons. The maximum atomic E-state index is 13.7. The van der Waals surface area contributed by atoms with Crippen molar-refractivity contribution in [2.75, 3.05) is 17.5 Å². The first-order valence-electron chi connectivity index (χ1n) is 11.1. The number of rotatable bonds is 5. The number of fused-ring (bicyclic) bond motifs is 1. The molecular weight excluding hydrogens is 462 g/mol. The van der Waals surface area contributed by atoms with E-state index in [4.69, 9.17) is 21.7 Å². The molecule has 3 heterocycles. The number of aryl methyl sites for hydroxylation is 1. The molecule has 2 fully saturated rings. The maximum Gasteiger partial charge on any atom is 0.256 e. The quantitative estimate of drug-likeness (QED) is 0.578. The fourth-order valence-corrected chi connectivity index (χ4v) is 5.29. The lowest BCUT2D eigenvalue weighted by Gasteiger charge is -2.35. The zero-order chi connectivity index (χ0) is 23.3. The van der Waals surface area contributed by atoms with Crippen molar-refractivity contribution in [3.63, 3.8) is 0 Å². The molecule has 1 aromatic carbocycles. The van der Waals surface area contributed by atoms with Gasteiger partial charge in [0, 0.05) is 34.9 Å². The first kappa shape index (κ1) is 22.2. The van der Waals surface area contributed by atoms with Gasteiger partial charge in [0.1, 0.15) is 0 Å². The molecule has 3 aromatic rings. The molecule has 1 atom stereocenters. The van der Waals surface area contributed by atoms with Gasteiger partial charge in [-0.15, -0.1) is 0 Å². The highest BCUT2D eigenvalue weighted by atomic mass is 35.5. The zero-order valence-electron chi connectivity index (χ0n) is 18.6. The van der Waals surface area contributed by atoms with Gasteiger partial charge in [0.25, 0.3) is 5.91 Å². The third-order valence-electron chi connectivity index (χ3n) is 6.25. The standard InChI is InChI=1S/C23H26ClN5O3S/c1-14-11-19(15-6-7-15)25-22-13-20(26-29(14)22)21-5-3-4-10-28(21)23(30)17-12-16(24)8-9-18(17)27-33(2,31)32/h8-9,11-13,15,21,27H,3-7,10H2,1-2H3. The largest absolute Gasteiger partial charge is 0.330 e. The number of amides is 1. The van der Waals surface area contributed by atoms with Gasteiger partial charge in [-0.25, -0.2) is 17.9 Å². The lowest BCUT2D eigenvalue weighted by atomic mass is 9.98. The number of carbonyl (C=O) groups is 1. The van der Waals surface area contributed by atoms with Gasteiger partial charge in [0.05, 0.1) is 29.2 Å². The lowest BCUT2D eigenvalue weighted by Crippen LogP contribution is -2.39. The van der Waals surface area contributed by atoms with Crippen molar-refractivity contribution in [2.45, 2.75) is 51.0 Å². The Morgan fingerprint density at radius 3 is 2.64 bits per heavy atom. The molecule has 8 nitrogen and oxygen atoms in total. The summed E-state index contributed by atoms with van der Waals surface area (Å²) < 4.78 is 28.0. The monoisotopic (exact) mass is 487 g/mol. The van der Waals surface area contributed by atoms with Gasteiger partial charge in [0.2, 0.25) is 10.0 Å². The van der Waals surface area contributed by atoms with Crippen molar-refractivity contribution in [1.29, 1.82) is 0 Å². The number of anilines is 1. The van der Waals surface area contributed by atoms with E-state index in [2.05, 4.69) is 10.8 Å². The van der Waals surface area contributed by atoms with E-state index in [1.165, 1.54) is 25.0 Å². The molecule has 1 N–H and O–H groups in total. The molecule has 10 heteroatoms. The van der Waals surface area contributed by atoms with Crippen molar-refractivity contribution >= 4 is 38.9 Å². The van der Waals surface area contributed by atoms with E-state index in [9.17, 15) is 13.2 Å². The Morgan fingerprint density at radius 2 is 1.91 bits per heavy atom. The van der Waals surface area contributed by atoms with E-state index in [1.54, 1.807) is 11.0 Å². The van der Waals surface area contributed by atoms with Crippen molar-refractivity contribution in [2.24, 2.45) is 0 Å². The lowest BCUT2D eigenvalue weighted by molar-refractivity contribution is 0.0607. The number of nitrogens with one attached hydrogen (secondary N) is 1. The third-order valence-corrected chi connectivity index (χ3v) is 7.08. The number of sulfonamides is 1. The van der Waals surface area contributed by atoms with Crippen LogP contribution in [0.5, 0.6) is 0 Å². The van der Waals surface area contributed by atoms with Crippen LogP contribution in [-0.4, -0.2) is 46.6 Å². The Morgan fingerprint density at radius 1 is 1.12 bits per heavy atom. The van der Waals surface area contributed by atoms with E-state index >= 15 is 0 Å². The van der Waals surface area contributed by atoms with Crippen LogP contribution in [0.3, 0.4) is 0 Å². The summed E-state index contributed by atoms with van der Waals surface area (Å²) in [6.07, 6.45) is 6.04. The minimum absolute atomic E-state index is 0.220. The minimum Gasteiger partial charge on any atom is -0.330 e. The summed E-state index contributed by atoms with van der Waals surface area (Å²) in [4.78, 5) is 20.2. The van der Waals surface area contributed by atoms with Gasteiger partial charge in [-0.05, 0) is 63.3 Å². The van der Waals surface area contributed by atoms with Crippen LogP contribution in [0, 0.1) is 6.92 Å². The highest BCUT2D eigenvalue weighted by molar-refractivity contribution is 7.92. The number of hydrogen-bond acceptors (Lipinski definition) is 5. The molecule has 2 aliphatic rings. The van der Waals surface area contributed by atoms with Crippen LogP contribution in [0.15, 0.2) is 30.3 Å². The van der Waals surface area contributed by atoms with Crippen LogP contribution in [-0.2, 0) is 10.0 Å². The topological polar surface area (TPSA) is 96.7 Å². The molecule has 5 rings (SSSR count). The molecule has 1 unspecified atom stereocenters. The van der Waals surface area contributed by atoms with E-state index in [1.807, 2.05) is 17.5 Å². The average Bonchev–Trinajstić information content (AvgIpc) is 3.52. The fourth-order valence-electron chi connectivity index (χ4n) is 4.54. The van der Waals surface area contributed by atoms with E-state index in [0.717, 1.165) is 48.2 Å². The van der Waals surface area contributed by atoms with Crippen molar-refractivity contribution in [3.8, 4) is 0 Å². The smallest absolute Gasteiger partial charge is 0.256 e. The Kier molecular flexibility index (Phi) is 5.56. The summed E-state index contributed by atoms with van der Waals surface area (Å²) in [5, 5.41) is 5.17. The van der Waals surface area contributed by atoms with Gasteiger partial charge in [-0.2, -0.15) is 5.10 Å². The maximum absolute atomic E-state index is 13.7. The van der Waals surface area contributed by atoms with Gasteiger partial charge in [0.15, 0.2) is 5.65 Å². The van der Waals surface area contributed by atoms with E-state index in [0.29, 0.717) is 17.5 Å². The van der Waals surface area contributed by atoms with Crippen LogP contribution < -0.4 is 4.72 Å². The molecule has 2 aromatic heterocycles. The second-order valence-corrected chi connectivity index (χ2v) is 11.2. The molecular formula is C23H26ClN5O3S. The molecule has 0 spiro atoms. The molecule has 1 saturated heterocycles. The Balaban J connectivity index is 1.52. The normalized spacial score (nSPS) is 19.1. The molecule has 1 saturated carbocycles. The highest BCUT2D eigenvalue weighted by Gasteiger charge is 2.33. The van der Waals surface area contributed by atoms with Gasteiger partial charge in [-0.1, -0.05) is 11.6 Å². The summed E-state index contributed by atoms with van der Waals surface area (Å²) in [5.41, 5.74) is 4.18. The summed E-state index contributed by atoms with van der Waals surface area (Å²) in [6.45, 7) is 2.58. The second kappa shape index (κ2) is 8.29. The first-order valence-corrected chi connectivity index (χ1v) is 13.4. The number of likely N-dealkylation sites (tertiary alicyclic amines) is 1. The van der Waals surface area contributed by atoms with Gasteiger partial charge < -0.3 is 4.90 Å². The summed E-state index contributed by atoms with van der Waals surface area (Å²) >= 11 is 6.17. The fraction of sp³-hybridized carbons (Fsp3) is 0.435.